The third-order valence-electron chi connectivity index (χ3n) is 5.42. The summed E-state index contributed by atoms with van der Waals surface area (Å²) < 4.78 is 11.0. The summed E-state index contributed by atoms with van der Waals surface area (Å²) in [6, 6.07) is 7.54. The zero-order valence-electron chi connectivity index (χ0n) is 17.9. The number of hydrogen-bond acceptors (Lipinski definition) is 8. The van der Waals surface area contributed by atoms with Gasteiger partial charge in [0.25, 0.3) is 0 Å². The lowest BCUT2D eigenvalue weighted by atomic mass is 9.97. The van der Waals surface area contributed by atoms with Gasteiger partial charge >= 0.3 is 5.97 Å². The van der Waals surface area contributed by atoms with Crippen molar-refractivity contribution in [3.05, 3.63) is 39.2 Å². The number of benzene rings is 1. The lowest BCUT2D eigenvalue weighted by Crippen LogP contribution is -2.38. The van der Waals surface area contributed by atoms with Crippen LogP contribution in [0, 0.1) is 5.92 Å². The Morgan fingerprint density at radius 2 is 2.03 bits per heavy atom. The second kappa shape index (κ2) is 10.1. The molecule has 2 aromatic heterocycles. The second-order valence-electron chi connectivity index (χ2n) is 7.48. The fourth-order valence-electron chi connectivity index (χ4n) is 3.74. The van der Waals surface area contributed by atoms with Crippen molar-refractivity contribution < 1.29 is 14.3 Å². The Balaban J connectivity index is 1.53. The molecule has 0 saturated carbocycles. The molecule has 0 amide bonds. The lowest BCUT2D eigenvalue weighted by Gasteiger charge is -2.31. The molecule has 10 heteroatoms. The number of aromatic nitrogens is 2. The molecule has 32 heavy (non-hydrogen) atoms. The molecule has 1 N–H and O–H groups in total. The first-order chi connectivity index (χ1) is 15.5. The average molecular weight is 495 g/mol. The summed E-state index contributed by atoms with van der Waals surface area (Å²) >= 11 is 14.0. The number of methoxy groups -OCH3 is 1. The van der Waals surface area contributed by atoms with Crippen molar-refractivity contribution in [1.29, 1.82) is 0 Å². The van der Waals surface area contributed by atoms with E-state index in [1.807, 2.05) is 31.2 Å². The van der Waals surface area contributed by atoms with Gasteiger partial charge in [-0.05, 0) is 43.5 Å². The molecule has 7 nitrogen and oxygen atoms in total. The van der Waals surface area contributed by atoms with Gasteiger partial charge < -0.3 is 19.7 Å². The molecule has 1 fully saturated rings. The molecule has 0 spiro atoms. The van der Waals surface area contributed by atoms with Gasteiger partial charge in [0.2, 0.25) is 5.95 Å². The first-order valence-electron chi connectivity index (χ1n) is 10.4. The zero-order chi connectivity index (χ0) is 22.7. The highest BCUT2D eigenvalue weighted by Gasteiger charge is 2.27. The number of rotatable bonds is 7. The maximum atomic E-state index is 12.0. The molecule has 1 saturated heterocycles. The van der Waals surface area contributed by atoms with Crippen LogP contribution in [-0.2, 0) is 16.1 Å². The second-order valence-corrected chi connectivity index (χ2v) is 9.55. The van der Waals surface area contributed by atoms with Crippen molar-refractivity contribution in [2.45, 2.75) is 26.3 Å². The number of esters is 1. The number of halogens is 2. The van der Waals surface area contributed by atoms with Gasteiger partial charge in [0.15, 0.2) is 0 Å². The monoisotopic (exact) mass is 494 g/mol. The standard InChI is InChI=1S/C22H24Cl2N4O3S/c1-3-31-21(29)14-6-8-28(9-7-14)22-26-19(15-11-18(24)32-20(15)27-22)25-12-13-4-5-17(30-2)16(23)10-13/h4-5,10-11,14H,3,6-9,12H2,1-2H3,(H,25,26,27). The van der Waals surface area contributed by atoms with E-state index in [0.29, 0.717) is 53.1 Å². The molecule has 0 unspecified atom stereocenters. The summed E-state index contributed by atoms with van der Waals surface area (Å²) in [6.45, 7) is 4.17. The SMILES string of the molecule is CCOC(=O)C1CCN(c2nc(NCc3ccc(OC)c(Cl)c3)c3cc(Cl)sc3n2)CC1. The number of nitrogens with zero attached hydrogens (tertiary/aromatic N) is 3. The number of ether oxygens (including phenoxy) is 2. The molecule has 0 atom stereocenters. The first kappa shape index (κ1) is 22.9. The molecule has 1 aliphatic rings. The predicted molar refractivity (Wildman–Crippen MR) is 129 cm³/mol. The molecule has 170 valence electrons. The minimum Gasteiger partial charge on any atom is -0.495 e. The Bertz CT molecular complexity index is 1120. The van der Waals surface area contributed by atoms with Crippen LogP contribution in [0.4, 0.5) is 11.8 Å². The van der Waals surface area contributed by atoms with E-state index in [1.54, 1.807) is 7.11 Å². The molecule has 1 aliphatic heterocycles. The van der Waals surface area contributed by atoms with E-state index >= 15 is 0 Å². The predicted octanol–water partition coefficient (Wildman–Crippen LogP) is 5.40. The van der Waals surface area contributed by atoms with Crippen molar-refractivity contribution >= 4 is 62.5 Å². The fourth-order valence-corrected chi connectivity index (χ4v) is 5.10. The number of hydrogen-bond donors (Lipinski definition) is 1. The number of fused-ring (bicyclic) bond motifs is 1. The normalized spacial score (nSPS) is 14.6. The molecule has 3 aromatic rings. The van der Waals surface area contributed by atoms with Crippen LogP contribution in [0.5, 0.6) is 5.75 Å². The van der Waals surface area contributed by atoms with Gasteiger partial charge in [0.1, 0.15) is 16.4 Å². The Kier molecular flexibility index (Phi) is 7.23. The van der Waals surface area contributed by atoms with E-state index in [9.17, 15) is 4.79 Å². The van der Waals surface area contributed by atoms with Crippen LogP contribution in [0.3, 0.4) is 0 Å². The third kappa shape index (κ3) is 5.03. The highest BCUT2D eigenvalue weighted by molar-refractivity contribution is 7.22. The number of carbonyl (C=O) groups excluding carboxylic acids is 1. The molecule has 0 bridgehead atoms. The van der Waals surface area contributed by atoms with Crippen molar-refractivity contribution in [2.24, 2.45) is 5.92 Å². The van der Waals surface area contributed by atoms with Crippen molar-refractivity contribution in [3.63, 3.8) is 0 Å². The van der Waals surface area contributed by atoms with Gasteiger partial charge in [0.05, 0.1) is 34.4 Å². The van der Waals surface area contributed by atoms with Crippen LogP contribution >= 0.6 is 34.5 Å². The molecule has 0 aliphatic carbocycles. The highest BCUT2D eigenvalue weighted by atomic mass is 35.5. The minimum absolute atomic E-state index is 0.0662. The molecule has 0 radical (unpaired) electrons. The average Bonchev–Trinajstić information content (AvgIpc) is 3.18. The number of thiophene rings is 1. The maximum absolute atomic E-state index is 12.0. The lowest BCUT2D eigenvalue weighted by molar-refractivity contribution is -0.148. The van der Waals surface area contributed by atoms with Crippen LogP contribution in [0.2, 0.25) is 9.36 Å². The maximum Gasteiger partial charge on any atom is 0.309 e. The summed E-state index contributed by atoms with van der Waals surface area (Å²) in [5.41, 5.74) is 1.00. The fraction of sp³-hybridized carbons (Fsp3) is 0.409. The summed E-state index contributed by atoms with van der Waals surface area (Å²) in [5, 5.41) is 4.84. The first-order valence-corrected chi connectivity index (χ1v) is 12.0. The smallest absolute Gasteiger partial charge is 0.309 e. The molecular formula is C22H24Cl2N4O3S. The van der Waals surface area contributed by atoms with Gasteiger partial charge in [-0.25, -0.2) is 4.98 Å². The van der Waals surface area contributed by atoms with Gasteiger partial charge in [-0.3, -0.25) is 4.79 Å². The third-order valence-corrected chi connectivity index (χ3v) is 6.88. The van der Waals surface area contributed by atoms with Crippen LogP contribution < -0.4 is 15.0 Å². The van der Waals surface area contributed by atoms with E-state index in [1.165, 1.54) is 11.3 Å². The topological polar surface area (TPSA) is 76.6 Å². The Morgan fingerprint density at radius 3 is 2.72 bits per heavy atom. The summed E-state index contributed by atoms with van der Waals surface area (Å²) in [5.74, 6) is 1.80. The largest absolute Gasteiger partial charge is 0.495 e. The Morgan fingerprint density at radius 1 is 1.25 bits per heavy atom. The van der Waals surface area contributed by atoms with E-state index in [4.69, 9.17) is 42.6 Å². The van der Waals surface area contributed by atoms with Crippen LogP contribution in [0.25, 0.3) is 10.2 Å². The molecular weight excluding hydrogens is 471 g/mol. The molecule has 4 rings (SSSR count). The van der Waals surface area contributed by atoms with Crippen molar-refractivity contribution in [3.8, 4) is 5.75 Å². The van der Waals surface area contributed by atoms with E-state index < -0.39 is 0 Å². The summed E-state index contributed by atoms with van der Waals surface area (Å²) in [6.07, 6.45) is 1.44. The van der Waals surface area contributed by atoms with Crippen molar-refractivity contribution in [2.75, 3.05) is 37.0 Å². The summed E-state index contributed by atoms with van der Waals surface area (Å²) in [7, 11) is 1.59. The van der Waals surface area contributed by atoms with Gasteiger partial charge in [0, 0.05) is 19.6 Å². The Labute approximate surface area is 200 Å². The number of anilines is 2. The van der Waals surface area contributed by atoms with E-state index in [0.717, 1.165) is 28.6 Å². The van der Waals surface area contributed by atoms with E-state index in [-0.39, 0.29) is 11.9 Å². The molecule has 1 aromatic carbocycles. The van der Waals surface area contributed by atoms with Gasteiger partial charge in [-0.1, -0.05) is 29.3 Å². The van der Waals surface area contributed by atoms with Crippen molar-refractivity contribution in [1.82, 2.24) is 9.97 Å². The van der Waals surface area contributed by atoms with E-state index in [2.05, 4.69) is 10.2 Å². The highest BCUT2D eigenvalue weighted by Crippen LogP contribution is 2.35. The minimum atomic E-state index is -0.117. The number of nitrogens with one attached hydrogen (secondary N) is 1. The van der Waals surface area contributed by atoms with Crippen LogP contribution in [0.15, 0.2) is 24.3 Å². The zero-order valence-corrected chi connectivity index (χ0v) is 20.2. The Hall–Kier alpha value is -2.29. The number of carbonyl (C=O) groups is 1. The van der Waals surface area contributed by atoms with Crippen LogP contribution in [0.1, 0.15) is 25.3 Å². The summed E-state index contributed by atoms with van der Waals surface area (Å²) in [4.78, 5) is 24.5. The number of piperidine rings is 1. The quantitative estimate of drug-likeness (QED) is 0.440. The molecule has 3 heterocycles. The van der Waals surface area contributed by atoms with Gasteiger partial charge in [-0.15, -0.1) is 11.3 Å². The van der Waals surface area contributed by atoms with Gasteiger partial charge in [-0.2, -0.15) is 4.98 Å². The van der Waals surface area contributed by atoms with Crippen LogP contribution in [-0.4, -0.2) is 42.7 Å².